The van der Waals surface area contributed by atoms with Crippen LogP contribution in [0.3, 0.4) is 0 Å². The van der Waals surface area contributed by atoms with Gasteiger partial charge in [-0.1, -0.05) is 42.5 Å². The number of hydrogen-bond donors (Lipinski definition) is 0. The molecule has 3 aromatic rings. The average Bonchev–Trinajstić information content (AvgIpc) is 2.53. The summed E-state index contributed by atoms with van der Waals surface area (Å²) in [6.07, 6.45) is 1.74. The third kappa shape index (κ3) is 3.14. The number of aromatic nitrogens is 1. The van der Waals surface area contributed by atoms with Gasteiger partial charge in [-0.25, -0.2) is 4.98 Å². The summed E-state index contributed by atoms with van der Waals surface area (Å²) < 4.78 is 6.71. The monoisotopic (exact) mass is 339 g/mol. The van der Waals surface area contributed by atoms with Crippen molar-refractivity contribution in [1.29, 1.82) is 0 Å². The van der Waals surface area contributed by atoms with Crippen LogP contribution in [0.4, 0.5) is 0 Å². The van der Waals surface area contributed by atoms with Crippen molar-refractivity contribution >= 4 is 15.9 Å². The van der Waals surface area contributed by atoms with Crippen LogP contribution in [-0.4, -0.2) is 4.98 Å². The standard InChI is InChI=1S/C18H14BrNO/c1-13-11-12-20-18(17(13)19)21-16-9-7-15(8-10-16)14-5-3-2-4-6-14/h2-12H,1H3. The summed E-state index contributed by atoms with van der Waals surface area (Å²) in [5, 5.41) is 0. The molecule has 0 bridgehead atoms. The van der Waals surface area contributed by atoms with Gasteiger partial charge in [-0.2, -0.15) is 0 Å². The second kappa shape index (κ2) is 6.10. The Bertz CT molecular complexity index is 739. The first-order valence-electron chi connectivity index (χ1n) is 6.68. The van der Waals surface area contributed by atoms with E-state index in [0.717, 1.165) is 15.8 Å². The predicted octanol–water partition coefficient (Wildman–Crippen LogP) is 5.61. The number of benzene rings is 2. The zero-order valence-corrected chi connectivity index (χ0v) is 13.2. The van der Waals surface area contributed by atoms with Gasteiger partial charge in [-0.15, -0.1) is 0 Å². The van der Waals surface area contributed by atoms with Crippen molar-refractivity contribution in [2.75, 3.05) is 0 Å². The highest BCUT2D eigenvalue weighted by atomic mass is 79.9. The fraction of sp³-hybridized carbons (Fsp3) is 0.0556. The van der Waals surface area contributed by atoms with E-state index in [1.807, 2.05) is 55.5 Å². The smallest absolute Gasteiger partial charge is 0.233 e. The predicted molar refractivity (Wildman–Crippen MR) is 88.6 cm³/mol. The molecule has 0 spiro atoms. The number of halogens is 1. The van der Waals surface area contributed by atoms with Crippen molar-refractivity contribution in [2.45, 2.75) is 6.92 Å². The summed E-state index contributed by atoms with van der Waals surface area (Å²) >= 11 is 3.50. The minimum atomic E-state index is 0.586. The van der Waals surface area contributed by atoms with Gasteiger partial charge in [0.05, 0.1) is 4.47 Å². The molecule has 0 aliphatic heterocycles. The number of hydrogen-bond acceptors (Lipinski definition) is 2. The highest BCUT2D eigenvalue weighted by molar-refractivity contribution is 9.10. The highest BCUT2D eigenvalue weighted by Crippen LogP contribution is 2.30. The second-order valence-corrected chi connectivity index (χ2v) is 5.53. The van der Waals surface area contributed by atoms with E-state index in [2.05, 4.69) is 33.0 Å². The summed E-state index contributed by atoms with van der Waals surface area (Å²) in [4.78, 5) is 4.25. The highest BCUT2D eigenvalue weighted by Gasteiger charge is 2.06. The van der Waals surface area contributed by atoms with Gasteiger partial charge in [0.2, 0.25) is 5.88 Å². The summed E-state index contributed by atoms with van der Waals surface area (Å²) in [6.45, 7) is 2.01. The van der Waals surface area contributed by atoms with E-state index in [4.69, 9.17) is 4.74 Å². The Balaban J connectivity index is 1.83. The van der Waals surface area contributed by atoms with Crippen molar-refractivity contribution in [3.63, 3.8) is 0 Å². The zero-order chi connectivity index (χ0) is 14.7. The molecule has 0 fully saturated rings. The van der Waals surface area contributed by atoms with Crippen molar-refractivity contribution in [3.05, 3.63) is 76.9 Å². The van der Waals surface area contributed by atoms with Crippen LogP contribution in [0.15, 0.2) is 71.3 Å². The van der Waals surface area contributed by atoms with Gasteiger partial charge in [0.1, 0.15) is 5.75 Å². The number of nitrogens with zero attached hydrogens (tertiary/aromatic N) is 1. The number of pyridine rings is 1. The summed E-state index contributed by atoms with van der Waals surface area (Å²) in [6, 6.07) is 20.2. The second-order valence-electron chi connectivity index (χ2n) is 4.74. The molecule has 0 radical (unpaired) electrons. The van der Waals surface area contributed by atoms with Gasteiger partial charge in [0, 0.05) is 6.20 Å². The Morgan fingerprint density at radius 1 is 0.857 bits per heavy atom. The molecule has 21 heavy (non-hydrogen) atoms. The molecular formula is C18H14BrNO. The molecule has 0 saturated carbocycles. The first kappa shape index (κ1) is 13.8. The Hall–Kier alpha value is -2.13. The molecule has 3 rings (SSSR count). The number of aryl methyl sites for hydroxylation is 1. The number of rotatable bonds is 3. The van der Waals surface area contributed by atoms with Gasteiger partial charge < -0.3 is 4.74 Å². The molecule has 2 aromatic carbocycles. The van der Waals surface area contributed by atoms with E-state index in [-0.39, 0.29) is 0 Å². The lowest BCUT2D eigenvalue weighted by molar-refractivity contribution is 0.459. The molecule has 0 atom stereocenters. The Labute approximate surface area is 132 Å². The van der Waals surface area contributed by atoms with Gasteiger partial charge in [0.25, 0.3) is 0 Å². The lowest BCUT2D eigenvalue weighted by Gasteiger charge is -2.09. The van der Waals surface area contributed by atoms with Gasteiger partial charge in [0.15, 0.2) is 0 Å². The fourth-order valence-corrected chi connectivity index (χ4v) is 2.36. The lowest BCUT2D eigenvalue weighted by atomic mass is 10.1. The summed E-state index contributed by atoms with van der Waals surface area (Å²) in [5.74, 6) is 1.36. The van der Waals surface area contributed by atoms with Crippen molar-refractivity contribution in [3.8, 4) is 22.8 Å². The van der Waals surface area contributed by atoms with E-state index >= 15 is 0 Å². The van der Waals surface area contributed by atoms with Crippen molar-refractivity contribution in [1.82, 2.24) is 4.98 Å². The molecular weight excluding hydrogens is 326 g/mol. The van der Waals surface area contributed by atoms with Crippen molar-refractivity contribution < 1.29 is 4.74 Å². The van der Waals surface area contributed by atoms with Gasteiger partial charge in [-0.3, -0.25) is 0 Å². The number of ether oxygens (including phenoxy) is 1. The minimum Gasteiger partial charge on any atom is -0.438 e. The van der Waals surface area contributed by atoms with Crippen LogP contribution < -0.4 is 4.74 Å². The topological polar surface area (TPSA) is 22.1 Å². The van der Waals surface area contributed by atoms with Crippen LogP contribution in [0, 0.1) is 6.92 Å². The maximum absolute atomic E-state index is 5.82. The quantitative estimate of drug-likeness (QED) is 0.618. The van der Waals surface area contributed by atoms with Crippen LogP contribution in [0.2, 0.25) is 0 Å². The summed E-state index contributed by atoms with van der Waals surface area (Å²) in [5.41, 5.74) is 3.46. The molecule has 104 valence electrons. The van der Waals surface area contributed by atoms with E-state index in [1.165, 1.54) is 11.1 Å². The van der Waals surface area contributed by atoms with E-state index < -0.39 is 0 Å². The minimum absolute atomic E-state index is 0.586. The third-order valence-electron chi connectivity index (χ3n) is 3.23. The average molecular weight is 340 g/mol. The van der Waals surface area contributed by atoms with Crippen LogP contribution in [0.25, 0.3) is 11.1 Å². The largest absolute Gasteiger partial charge is 0.438 e. The third-order valence-corrected chi connectivity index (χ3v) is 4.19. The first-order chi connectivity index (χ1) is 10.2. The molecule has 0 N–H and O–H groups in total. The van der Waals surface area contributed by atoms with Crippen molar-refractivity contribution in [2.24, 2.45) is 0 Å². The summed E-state index contributed by atoms with van der Waals surface area (Å²) in [7, 11) is 0. The Morgan fingerprint density at radius 3 is 2.24 bits per heavy atom. The molecule has 0 saturated heterocycles. The molecule has 0 unspecified atom stereocenters. The molecule has 1 heterocycles. The molecule has 0 aliphatic rings. The van der Waals surface area contributed by atoms with Crippen LogP contribution in [0.1, 0.15) is 5.56 Å². The molecule has 0 amide bonds. The van der Waals surface area contributed by atoms with E-state index in [9.17, 15) is 0 Å². The molecule has 0 aliphatic carbocycles. The Kier molecular flexibility index (Phi) is 4.02. The maximum Gasteiger partial charge on any atom is 0.233 e. The van der Waals surface area contributed by atoms with E-state index in [1.54, 1.807) is 6.20 Å². The maximum atomic E-state index is 5.82. The van der Waals surface area contributed by atoms with Crippen LogP contribution in [0.5, 0.6) is 11.6 Å². The van der Waals surface area contributed by atoms with Gasteiger partial charge >= 0.3 is 0 Å². The van der Waals surface area contributed by atoms with Crippen LogP contribution >= 0.6 is 15.9 Å². The van der Waals surface area contributed by atoms with Gasteiger partial charge in [-0.05, 0) is 57.7 Å². The Morgan fingerprint density at radius 2 is 1.52 bits per heavy atom. The first-order valence-corrected chi connectivity index (χ1v) is 7.48. The van der Waals surface area contributed by atoms with E-state index in [0.29, 0.717) is 5.88 Å². The SMILES string of the molecule is Cc1ccnc(Oc2ccc(-c3ccccc3)cc2)c1Br. The normalized spacial score (nSPS) is 10.4. The fourth-order valence-electron chi connectivity index (χ4n) is 2.04. The molecule has 3 heteroatoms. The zero-order valence-electron chi connectivity index (χ0n) is 11.6. The molecule has 2 nitrogen and oxygen atoms in total. The molecule has 1 aromatic heterocycles. The van der Waals surface area contributed by atoms with Crippen LogP contribution in [-0.2, 0) is 0 Å². The lowest BCUT2D eigenvalue weighted by Crippen LogP contribution is -1.90.